The van der Waals surface area contributed by atoms with Crippen LogP contribution in [0.25, 0.3) is 0 Å². The van der Waals surface area contributed by atoms with Crippen molar-refractivity contribution in [3.63, 3.8) is 0 Å². The Morgan fingerprint density at radius 2 is 1.71 bits per heavy atom. The Kier molecular flexibility index (Phi) is 5.44. The van der Waals surface area contributed by atoms with Crippen molar-refractivity contribution in [2.75, 3.05) is 18.6 Å². The van der Waals surface area contributed by atoms with Crippen LogP contribution in [0.5, 0.6) is 0 Å². The molecule has 1 fully saturated rings. The van der Waals surface area contributed by atoms with E-state index in [1.54, 1.807) is 0 Å². The zero-order valence-electron chi connectivity index (χ0n) is 13.4. The standard InChI is InChI=1S/C17H27NO2S/c1-13-8-14(2)10-16(9-13)17(18-3)12-21(19,20)11-15-6-4-5-7-15/h8-10,15,17-18H,4-7,11-12H2,1-3H3. The van der Waals surface area contributed by atoms with Gasteiger partial charge in [-0.15, -0.1) is 0 Å². The predicted octanol–water partition coefficient (Wildman–Crippen LogP) is 3.17. The highest BCUT2D eigenvalue weighted by Gasteiger charge is 2.25. The third-order valence-electron chi connectivity index (χ3n) is 4.38. The quantitative estimate of drug-likeness (QED) is 0.878. The monoisotopic (exact) mass is 309 g/mol. The first-order valence-electron chi connectivity index (χ1n) is 7.85. The fraction of sp³-hybridized carbons (Fsp3) is 0.647. The first-order chi connectivity index (χ1) is 9.89. The van der Waals surface area contributed by atoms with E-state index in [-0.39, 0.29) is 11.8 Å². The van der Waals surface area contributed by atoms with Crippen molar-refractivity contribution in [2.24, 2.45) is 5.92 Å². The number of hydrogen-bond donors (Lipinski definition) is 1. The van der Waals surface area contributed by atoms with E-state index in [1.165, 1.54) is 24.0 Å². The lowest BCUT2D eigenvalue weighted by atomic mass is 10.0. The van der Waals surface area contributed by atoms with E-state index in [0.717, 1.165) is 18.4 Å². The lowest BCUT2D eigenvalue weighted by molar-refractivity contribution is 0.545. The number of rotatable bonds is 6. The molecule has 118 valence electrons. The highest BCUT2D eigenvalue weighted by atomic mass is 32.2. The van der Waals surface area contributed by atoms with Gasteiger partial charge < -0.3 is 5.32 Å². The van der Waals surface area contributed by atoms with Crippen molar-refractivity contribution in [1.29, 1.82) is 0 Å². The highest BCUT2D eigenvalue weighted by molar-refractivity contribution is 7.91. The third-order valence-corrected chi connectivity index (χ3v) is 6.20. The molecule has 0 radical (unpaired) electrons. The SMILES string of the molecule is CNC(CS(=O)(=O)CC1CCCC1)c1cc(C)cc(C)c1. The molecule has 0 saturated heterocycles. The Labute approximate surface area is 129 Å². The molecule has 0 spiro atoms. The molecule has 0 aromatic heterocycles. The van der Waals surface area contributed by atoms with Crippen molar-refractivity contribution < 1.29 is 8.42 Å². The van der Waals surface area contributed by atoms with Gasteiger partial charge in [0.25, 0.3) is 0 Å². The summed E-state index contributed by atoms with van der Waals surface area (Å²) in [5.74, 6) is 0.936. The minimum atomic E-state index is -3.01. The smallest absolute Gasteiger partial charge is 0.152 e. The van der Waals surface area contributed by atoms with Gasteiger partial charge in [0.15, 0.2) is 9.84 Å². The van der Waals surface area contributed by atoms with Crippen LogP contribution in [0, 0.1) is 19.8 Å². The fourth-order valence-corrected chi connectivity index (χ4v) is 5.47. The first-order valence-corrected chi connectivity index (χ1v) is 9.67. The van der Waals surface area contributed by atoms with Crippen LogP contribution in [0.15, 0.2) is 18.2 Å². The second-order valence-corrected chi connectivity index (χ2v) is 8.64. The van der Waals surface area contributed by atoms with Crippen molar-refractivity contribution in [3.05, 3.63) is 34.9 Å². The minimum absolute atomic E-state index is 0.116. The van der Waals surface area contributed by atoms with E-state index in [4.69, 9.17) is 0 Å². The maximum atomic E-state index is 12.5. The topological polar surface area (TPSA) is 46.2 Å². The van der Waals surface area contributed by atoms with E-state index in [2.05, 4.69) is 37.4 Å². The molecule has 1 aromatic carbocycles. The second kappa shape index (κ2) is 6.93. The fourth-order valence-electron chi connectivity index (χ4n) is 3.42. The molecule has 1 unspecified atom stereocenters. The summed E-state index contributed by atoms with van der Waals surface area (Å²) in [6.07, 6.45) is 4.53. The summed E-state index contributed by atoms with van der Waals surface area (Å²) in [6.45, 7) is 4.10. The van der Waals surface area contributed by atoms with Crippen LogP contribution in [0.4, 0.5) is 0 Å². The summed E-state index contributed by atoms with van der Waals surface area (Å²) in [5.41, 5.74) is 3.43. The van der Waals surface area contributed by atoms with Crippen LogP contribution < -0.4 is 5.32 Å². The van der Waals surface area contributed by atoms with Crippen LogP contribution in [-0.2, 0) is 9.84 Å². The number of benzene rings is 1. The van der Waals surface area contributed by atoms with Gasteiger partial charge in [0.05, 0.1) is 11.5 Å². The molecule has 21 heavy (non-hydrogen) atoms. The van der Waals surface area contributed by atoms with Crippen molar-refractivity contribution >= 4 is 9.84 Å². The third kappa shape index (κ3) is 4.82. The van der Waals surface area contributed by atoms with Gasteiger partial charge in [-0.3, -0.25) is 0 Å². The summed E-state index contributed by atoms with van der Waals surface area (Å²) in [7, 11) is -1.17. The summed E-state index contributed by atoms with van der Waals surface area (Å²) >= 11 is 0. The van der Waals surface area contributed by atoms with E-state index < -0.39 is 9.84 Å². The second-order valence-electron chi connectivity index (χ2n) is 6.49. The van der Waals surface area contributed by atoms with Gasteiger partial charge in [-0.1, -0.05) is 42.2 Å². The highest BCUT2D eigenvalue weighted by Crippen LogP contribution is 2.27. The lowest BCUT2D eigenvalue weighted by Gasteiger charge is -2.19. The van der Waals surface area contributed by atoms with Gasteiger partial charge in [-0.2, -0.15) is 0 Å². The van der Waals surface area contributed by atoms with Gasteiger partial charge in [-0.25, -0.2) is 8.42 Å². The molecule has 1 saturated carbocycles. The molecule has 1 N–H and O–H groups in total. The summed E-state index contributed by atoms with van der Waals surface area (Å²) in [4.78, 5) is 0. The molecule has 4 heteroatoms. The summed E-state index contributed by atoms with van der Waals surface area (Å²) in [6, 6.07) is 6.16. The molecule has 0 bridgehead atoms. The molecular weight excluding hydrogens is 282 g/mol. The molecule has 0 amide bonds. The van der Waals surface area contributed by atoms with Crippen LogP contribution in [0.2, 0.25) is 0 Å². The van der Waals surface area contributed by atoms with E-state index in [1.807, 2.05) is 7.05 Å². The van der Waals surface area contributed by atoms with E-state index in [9.17, 15) is 8.42 Å². The number of nitrogens with one attached hydrogen (secondary N) is 1. The zero-order chi connectivity index (χ0) is 15.5. The largest absolute Gasteiger partial charge is 0.312 e. The van der Waals surface area contributed by atoms with Gasteiger partial charge in [0.2, 0.25) is 0 Å². The van der Waals surface area contributed by atoms with Crippen molar-refractivity contribution in [3.8, 4) is 0 Å². The molecule has 0 aliphatic heterocycles. The summed E-state index contributed by atoms with van der Waals surface area (Å²) < 4.78 is 24.9. The maximum absolute atomic E-state index is 12.5. The lowest BCUT2D eigenvalue weighted by Crippen LogP contribution is -2.28. The molecule has 0 heterocycles. The Morgan fingerprint density at radius 3 is 2.24 bits per heavy atom. The van der Waals surface area contributed by atoms with E-state index >= 15 is 0 Å². The van der Waals surface area contributed by atoms with Gasteiger partial charge in [-0.05, 0) is 45.2 Å². The average molecular weight is 309 g/mol. The maximum Gasteiger partial charge on any atom is 0.152 e. The van der Waals surface area contributed by atoms with Crippen LogP contribution >= 0.6 is 0 Å². The van der Waals surface area contributed by atoms with Gasteiger partial charge >= 0.3 is 0 Å². The Bertz CT molecular complexity index is 554. The molecule has 1 atom stereocenters. The molecule has 1 aliphatic carbocycles. The molecule has 1 aromatic rings. The zero-order valence-corrected chi connectivity index (χ0v) is 14.2. The Morgan fingerprint density at radius 1 is 1.14 bits per heavy atom. The van der Waals surface area contributed by atoms with E-state index in [0.29, 0.717) is 11.7 Å². The molecule has 1 aliphatic rings. The van der Waals surface area contributed by atoms with Gasteiger partial charge in [0.1, 0.15) is 0 Å². The van der Waals surface area contributed by atoms with Crippen LogP contribution in [-0.4, -0.2) is 27.0 Å². The Hall–Kier alpha value is -0.870. The Balaban J connectivity index is 2.10. The minimum Gasteiger partial charge on any atom is -0.312 e. The number of aryl methyl sites for hydroxylation is 2. The number of sulfone groups is 1. The average Bonchev–Trinajstić information content (AvgIpc) is 2.86. The van der Waals surface area contributed by atoms with Gasteiger partial charge in [0, 0.05) is 6.04 Å². The van der Waals surface area contributed by atoms with Crippen LogP contribution in [0.3, 0.4) is 0 Å². The van der Waals surface area contributed by atoms with Crippen molar-refractivity contribution in [1.82, 2.24) is 5.32 Å². The molecular formula is C17H27NO2S. The summed E-state index contributed by atoms with van der Waals surface area (Å²) in [5, 5.41) is 3.17. The number of hydrogen-bond acceptors (Lipinski definition) is 3. The van der Waals surface area contributed by atoms with Crippen LogP contribution in [0.1, 0.15) is 48.4 Å². The first kappa shape index (κ1) is 16.5. The van der Waals surface area contributed by atoms with Crippen molar-refractivity contribution in [2.45, 2.75) is 45.6 Å². The predicted molar refractivity (Wildman–Crippen MR) is 88.3 cm³/mol. The molecule has 2 rings (SSSR count). The normalized spacial score (nSPS) is 18.0. The molecule has 3 nitrogen and oxygen atoms in total.